The minimum absolute atomic E-state index is 0.0197. The van der Waals surface area contributed by atoms with Gasteiger partial charge in [0.15, 0.2) is 0 Å². The molecule has 1 aromatic heterocycles. The van der Waals surface area contributed by atoms with Gasteiger partial charge in [-0.25, -0.2) is 9.36 Å². The maximum Gasteiger partial charge on any atom is 0.337 e. The number of hydrogen-bond donors (Lipinski definition) is 3. The molecule has 208 valence electrons. The number of aromatic nitrogens is 2. The Balaban J connectivity index is 1.93. The van der Waals surface area contributed by atoms with E-state index in [4.69, 9.17) is 16.2 Å². The Labute approximate surface area is 231 Å². The lowest BCUT2D eigenvalue weighted by molar-refractivity contribution is 0.0976. The molecule has 40 heavy (non-hydrogen) atoms. The van der Waals surface area contributed by atoms with Crippen LogP contribution in [0, 0.1) is 13.8 Å². The first-order valence-corrected chi connectivity index (χ1v) is 13.4. The number of unbranched alkanes of at least 4 members (excludes halogenated alkanes) is 1. The summed E-state index contributed by atoms with van der Waals surface area (Å²) in [6, 6.07) is 13.2. The molecule has 4 aromatic rings. The van der Waals surface area contributed by atoms with Gasteiger partial charge in [0.05, 0.1) is 22.7 Å². The first kappa shape index (κ1) is 27.1. The number of aromatic hydroxyl groups is 1. The summed E-state index contributed by atoms with van der Waals surface area (Å²) in [5, 5.41) is 12.7. The van der Waals surface area contributed by atoms with Crippen molar-refractivity contribution < 1.29 is 14.6 Å². The number of nitrogen functional groups attached to an aromatic ring is 1. The molecule has 1 unspecified atom stereocenters. The highest BCUT2D eigenvalue weighted by atomic mass is 16.5. The van der Waals surface area contributed by atoms with E-state index in [1.54, 1.807) is 33.8 Å². The summed E-state index contributed by atoms with van der Waals surface area (Å²) in [5.41, 5.74) is 12.4. The van der Waals surface area contributed by atoms with Gasteiger partial charge in [-0.1, -0.05) is 49.7 Å². The number of phenolic OH excluding ortho intramolecular Hbond substituents is 1. The number of carbonyl (C=O) groups is 1. The second-order valence-electron chi connectivity index (χ2n) is 10.9. The molecule has 5 N–H and O–H groups in total. The van der Waals surface area contributed by atoms with Gasteiger partial charge >= 0.3 is 5.69 Å². The summed E-state index contributed by atoms with van der Waals surface area (Å²) in [5.74, 6) is -1.47. The van der Waals surface area contributed by atoms with Gasteiger partial charge in [0.1, 0.15) is 22.9 Å². The third-order valence-electron chi connectivity index (χ3n) is 8.00. The second-order valence-corrected chi connectivity index (χ2v) is 10.9. The minimum atomic E-state index is -1.08. The molecule has 9 heteroatoms. The first-order valence-electron chi connectivity index (χ1n) is 13.4. The molecule has 1 atom stereocenters. The zero-order valence-corrected chi connectivity index (χ0v) is 23.4. The summed E-state index contributed by atoms with van der Waals surface area (Å²) < 4.78 is 8.96. The van der Waals surface area contributed by atoms with Gasteiger partial charge in [-0.3, -0.25) is 14.2 Å². The van der Waals surface area contributed by atoms with Crippen LogP contribution in [0.4, 0.5) is 5.82 Å². The Morgan fingerprint density at radius 1 is 1.05 bits per heavy atom. The predicted molar refractivity (Wildman–Crippen MR) is 156 cm³/mol. The second kappa shape index (κ2) is 9.59. The summed E-state index contributed by atoms with van der Waals surface area (Å²) in [6.45, 7) is 9.07. The molecule has 0 spiro atoms. The van der Waals surface area contributed by atoms with Crippen molar-refractivity contribution in [2.75, 3.05) is 5.73 Å². The Kier molecular flexibility index (Phi) is 6.48. The fourth-order valence-electron chi connectivity index (χ4n) is 6.02. The van der Waals surface area contributed by atoms with E-state index in [0.29, 0.717) is 28.8 Å². The van der Waals surface area contributed by atoms with Crippen LogP contribution in [0.25, 0.3) is 16.5 Å². The molecule has 1 amide bonds. The van der Waals surface area contributed by atoms with E-state index in [1.807, 2.05) is 43.3 Å². The minimum Gasteiger partial charge on any atom is -0.507 e. The summed E-state index contributed by atoms with van der Waals surface area (Å²) >= 11 is 0. The van der Waals surface area contributed by atoms with Crippen LogP contribution in [0.1, 0.15) is 72.1 Å². The number of nitrogens with two attached hydrogens (primary N) is 2. The van der Waals surface area contributed by atoms with Crippen molar-refractivity contribution in [3.8, 4) is 17.2 Å². The standard InChI is InChI=1S/C31H34N4O5/c1-6-7-15-34-29(38)23(27(32)35(30(34)39)20-14-10-12-18-11-8-9-13-19(18)20)24-21-16(2)25(36)17(3)22(28(33)37)26(21)40-31(24,4)5/h8-14,24,36H,6-7,15,32H2,1-5H3,(H2,33,37). The first-order chi connectivity index (χ1) is 18.9. The fourth-order valence-corrected chi connectivity index (χ4v) is 6.02. The number of amides is 1. The average Bonchev–Trinajstić information content (AvgIpc) is 3.17. The highest BCUT2D eigenvalue weighted by Gasteiger charge is 2.49. The van der Waals surface area contributed by atoms with E-state index in [0.717, 1.165) is 17.2 Å². The van der Waals surface area contributed by atoms with Crippen LogP contribution < -0.4 is 27.5 Å². The lowest BCUT2D eigenvalue weighted by Gasteiger charge is -2.29. The van der Waals surface area contributed by atoms with Crippen molar-refractivity contribution in [2.45, 2.75) is 65.5 Å². The number of benzene rings is 3. The van der Waals surface area contributed by atoms with E-state index < -0.39 is 28.7 Å². The van der Waals surface area contributed by atoms with Crippen molar-refractivity contribution in [3.63, 3.8) is 0 Å². The van der Waals surface area contributed by atoms with Crippen molar-refractivity contribution in [2.24, 2.45) is 5.73 Å². The maximum atomic E-state index is 14.2. The smallest absolute Gasteiger partial charge is 0.337 e. The quantitative estimate of drug-likeness (QED) is 0.332. The maximum absolute atomic E-state index is 14.2. The molecule has 1 aliphatic heterocycles. The van der Waals surface area contributed by atoms with E-state index in [9.17, 15) is 19.5 Å². The summed E-state index contributed by atoms with van der Waals surface area (Å²) in [6.07, 6.45) is 1.38. The molecule has 0 saturated carbocycles. The predicted octanol–water partition coefficient (Wildman–Crippen LogP) is 4.26. The average molecular weight is 543 g/mol. The molecular formula is C31H34N4O5. The van der Waals surface area contributed by atoms with Gasteiger partial charge in [0, 0.05) is 23.1 Å². The largest absolute Gasteiger partial charge is 0.507 e. The highest BCUT2D eigenvalue weighted by molar-refractivity contribution is 5.99. The van der Waals surface area contributed by atoms with Crippen molar-refractivity contribution in [1.29, 1.82) is 0 Å². The Morgan fingerprint density at radius 2 is 1.73 bits per heavy atom. The number of fused-ring (bicyclic) bond motifs is 2. The number of ether oxygens (including phenoxy) is 1. The molecule has 3 aromatic carbocycles. The van der Waals surface area contributed by atoms with Crippen LogP contribution in [0.5, 0.6) is 11.5 Å². The van der Waals surface area contributed by atoms with Gasteiger partial charge in [-0.05, 0) is 51.1 Å². The Bertz CT molecular complexity index is 1810. The zero-order valence-electron chi connectivity index (χ0n) is 23.4. The zero-order chi connectivity index (χ0) is 29.1. The fraction of sp³-hybridized carbons (Fsp3) is 0.323. The van der Waals surface area contributed by atoms with Gasteiger partial charge in [0.2, 0.25) is 0 Å². The van der Waals surface area contributed by atoms with Crippen molar-refractivity contribution in [1.82, 2.24) is 9.13 Å². The van der Waals surface area contributed by atoms with Gasteiger partial charge in [-0.2, -0.15) is 0 Å². The lowest BCUT2D eigenvalue weighted by Crippen LogP contribution is -2.45. The molecule has 1 aliphatic rings. The normalized spacial score (nSPS) is 15.7. The molecular weight excluding hydrogens is 508 g/mol. The van der Waals surface area contributed by atoms with Crippen molar-refractivity contribution in [3.05, 3.63) is 91.1 Å². The highest BCUT2D eigenvalue weighted by Crippen LogP contribution is 2.54. The monoisotopic (exact) mass is 542 g/mol. The number of hydrogen-bond acceptors (Lipinski definition) is 6. The number of rotatable bonds is 6. The van der Waals surface area contributed by atoms with Crippen LogP contribution in [0.3, 0.4) is 0 Å². The van der Waals surface area contributed by atoms with Crippen LogP contribution in [0.15, 0.2) is 52.1 Å². The summed E-state index contributed by atoms with van der Waals surface area (Å²) in [7, 11) is 0. The lowest BCUT2D eigenvalue weighted by atomic mass is 9.78. The molecule has 5 rings (SSSR count). The van der Waals surface area contributed by atoms with Gasteiger partial charge < -0.3 is 21.3 Å². The SMILES string of the molecule is CCCCn1c(=O)c(C2c3c(C)c(O)c(C)c(C(N)=O)c3OC2(C)C)c(N)n(-c2cccc3ccccc23)c1=O. The van der Waals surface area contributed by atoms with Gasteiger partial charge in [-0.15, -0.1) is 0 Å². The van der Waals surface area contributed by atoms with Crippen LogP contribution in [0.2, 0.25) is 0 Å². The number of nitrogens with zero attached hydrogens (tertiary/aromatic N) is 2. The number of primary amides is 1. The third kappa shape index (κ3) is 3.87. The molecule has 0 bridgehead atoms. The van der Waals surface area contributed by atoms with E-state index in [1.165, 1.54) is 9.13 Å². The third-order valence-corrected chi connectivity index (χ3v) is 8.00. The number of phenols is 1. The van der Waals surface area contributed by atoms with Gasteiger partial charge in [0.25, 0.3) is 11.5 Å². The van der Waals surface area contributed by atoms with E-state index in [2.05, 4.69) is 0 Å². The molecule has 9 nitrogen and oxygen atoms in total. The number of anilines is 1. The molecule has 2 heterocycles. The Hall–Kier alpha value is -4.53. The molecule has 0 radical (unpaired) electrons. The Morgan fingerprint density at radius 3 is 2.40 bits per heavy atom. The molecule has 0 aliphatic carbocycles. The van der Waals surface area contributed by atoms with E-state index in [-0.39, 0.29) is 35.0 Å². The molecule has 0 saturated heterocycles. The van der Waals surface area contributed by atoms with Crippen LogP contribution in [-0.4, -0.2) is 25.7 Å². The number of carbonyl (C=O) groups excluding carboxylic acids is 1. The van der Waals surface area contributed by atoms with E-state index >= 15 is 0 Å². The van der Waals surface area contributed by atoms with Crippen LogP contribution >= 0.6 is 0 Å². The topological polar surface area (TPSA) is 143 Å². The van der Waals surface area contributed by atoms with Crippen molar-refractivity contribution >= 4 is 22.5 Å². The summed E-state index contributed by atoms with van der Waals surface area (Å²) in [4.78, 5) is 40.7. The molecule has 0 fully saturated rings. The van der Waals surface area contributed by atoms with Crippen LogP contribution in [-0.2, 0) is 6.54 Å².